The van der Waals surface area contributed by atoms with E-state index >= 15 is 0 Å². The van der Waals surface area contributed by atoms with Gasteiger partial charge in [-0.05, 0) is 36.3 Å². The fourth-order valence-electron chi connectivity index (χ4n) is 2.98. The molecule has 1 aliphatic rings. The zero-order valence-corrected chi connectivity index (χ0v) is 13.5. The van der Waals surface area contributed by atoms with Gasteiger partial charge in [0.1, 0.15) is 0 Å². The number of halogens is 2. The molecule has 1 aromatic carbocycles. The van der Waals surface area contributed by atoms with Gasteiger partial charge in [0.25, 0.3) is 0 Å². The second-order valence-corrected chi connectivity index (χ2v) is 6.23. The molecule has 1 saturated heterocycles. The van der Waals surface area contributed by atoms with Crippen molar-refractivity contribution in [1.82, 2.24) is 0 Å². The maximum Gasteiger partial charge on any atom is 0.0642 e. The summed E-state index contributed by atoms with van der Waals surface area (Å²) in [6, 6.07) is 6.19. The molecule has 1 fully saturated rings. The normalized spacial score (nSPS) is 18.3. The van der Waals surface area contributed by atoms with Crippen molar-refractivity contribution in [1.29, 1.82) is 0 Å². The van der Waals surface area contributed by atoms with Gasteiger partial charge in [0.15, 0.2) is 0 Å². The zero-order chi connectivity index (χ0) is 13.2. The number of rotatable bonds is 4. The van der Waals surface area contributed by atoms with E-state index in [1.54, 1.807) is 0 Å². The first-order valence-corrected chi connectivity index (χ1v) is 8.24. The average Bonchev–Trinajstić information content (AvgIpc) is 2.83. The maximum atomic E-state index is 6.41. The summed E-state index contributed by atoms with van der Waals surface area (Å²) in [4.78, 5) is 2.48. The molecule has 0 unspecified atom stereocenters. The Kier molecular flexibility index (Phi) is 4.60. The van der Waals surface area contributed by atoms with E-state index in [2.05, 4.69) is 40.7 Å². The first-order valence-electron chi connectivity index (χ1n) is 6.74. The monoisotopic (exact) mass is 329 g/mol. The molecule has 0 radical (unpaired) electrons. The Balaban J connectivity index is 2.29. The van der Waals surface area contributed by atoms with E-state index in [4.69, 9.17) is 11.6 Å². The highest BCUT2D eigenvalue weighted by Gasteiger charge is 2.36. The van der Waals surface area contributed by atoms with Crippen LogP contribution in [-0.4, -0.2) is 13.1 Å². The molecule has 1 aliphatic heterocycles. The van der Waals surface area contributed by atoms with Gasteiger partial charge in [-0.2, -0.15) is 0 Å². The van der Waals surface area contributed by atoms with Gasteiger partial charge in [-0.1, -0.05) is 53.5 Å². The van der Waals surface area contributed by atoms with Crippen LogP contribution < -0.4 is 4.90 Å². The molecule has 0 atom stereocenters. The lowest BCUT2D eigenvalue weighted by atomic mass is 9.82. The zero-order valence-electron chi connectivity index (χ0n) is 11.2. The van der Waals surface area contributed by atoms with E-state index in [9.17, 15) is 0 Å². The van der Waals surface area contributed by atoms with Crippen molar-refractivity contribution in [2.75, 3.05) is 18.0 Å². The van der Waals surface area contributed by atoms with Crippen LogP contribution >= 0.6 is 27.5 Å². The van der Waals surface area contributed by atoms with Gasteiger partial charge in [-0.15, -0.1) is 0 Å². The summed E-state index contributed by atoms with van der Waals surface area (Å²) >= 11 is 9.97. The highest BCUT2D eigenvalue weighted by molar-refractivity contribution is 9.08. The van der Waals surface area contributed by atoms with Crippen molar-refractivity contribution in [3.05, 3.63) is 28.8 Å². The van der Waals surface area contributed by atoms with E-state index in [0.29, 0.717) is 5.41 Å². The summed E-state index contributed by atoms with van der Waals surface area (Å²) in [5.74, 6) is 0. The van der Waals surface area contributed by atoms with Gasteiger partial charge in [0, 0.05) is 18.4 Å². The lowest BCUT2D eigenvalue weighted by Gasteiger charge is -2.28. The standard InChI is InChI=1S/C15H21BrClN/c1-3-15(4-2)8-9-18(11-15)14-12(10-16)6-5-7-13(14)17/h5-7H,3-4,8-11H2,1-2H3. The van der Waals surface area contributed by atoms with Crippen LogP contribution in [0.2, 0.25) is 5.02 Å². The molecule has 3 heteroatoms. The van der Waals surface area contributed by atoms with Crippen molar-refractivity contribution in [2.24, 2.45) is 5.41 Å². The molecule has 0 spiro atoms. The van der Waals surface area contributed by atoms with E-state index < -0.39 is 0 Å². The average molecular weight is 331 g/mol. The van der Waals surface area contributed by atoms with E-state index in [-0.39, 0.29) is 0 Å². The number of benzene rings is 1. The van der Waals surface area contributed by atoms with Gasteiger partial charge < -0.3 is 4.90 Å². The van der Waals surface area contributed by atoms with Crippen LogP contribution in [0, 0.1) is 5.41 Å². The van der Waals surface area contributed by atoms with Crippen LogP contribution in [0.1, 0.15) is 38.7 Å². The Morgan fingerprint density at radius 2 is 2.06 bits per heavy atom. The van der Waals surface area contributed by atoms with Crippen molar-refractivity contribution in [3.63, 3.8) is 0 Å². The van der Waals surface area contributed by atoms with Crippen LogP contribution in [0.5, 0.6) is 0 Å². The smallest absolute Gasteiger partial charge is 0.0642 e. The van der Waals surface area contributed by atoms with Gasteiger partial charge in [0.2, 0.25) is 0 Å². The summed E-state index contributed by atoms with van der Waals surface area (Å²) in [7, 11) is 0. The third-order valence-corrected chi connectivity index (χ3v) is 5.38. The maximum absolute atomic E-state index is 6.41. The quantitative estimate of drug-likeness (QED) is 0.681. The number of hydrogen-bond donors (Lipinski definition) is 0. The van der Waals surface area contributed by atoms with E-state index in [0.717, 1.165) is 23.4 Å². The van der Waals surface area contributed by atoms with Gasteiger partial charge in [-0.25, -0.2) is 0 Å². The number of alkyl halides is 1. The minimum absolute atomic E-state index is 0.489. The van der Waals surface area contributed by atoms with Gasteiger partial charge in [0.05, 0.1) is 10.7 Å². The molecular weight excluding hydrogens is 310 g/mol. The molecule has 1 aromatic rings. The van der Waals surface area contributed by atoms with Gasteiger partial charge in [-0.3, -0.25) is 0 Å². The molecule has 1 heterocycles. The summed E-state index contributed by atoms with van der Waals surface area (Å²) in [6.07, 6.45) is 3.80. The van der Waals surface area contributed by atoms with Crippen LogP contribution in [0.25, 0.3) is 0 Å². The van der Waals surface area contributed by atoms with Crippen molar-refractivity contribution < 1.29 is 0 Å². The van der Waals surface area contributed by atoms with Crippen LogP contribution in [-0.2, 0) is 5.33 Å². The molecular formula is C15H21BrClN. The lowest BCUT2D eigenvalue weighted by molar-refractivity contribution is 0.301. The Morgan fingerprint density at radius 1 is 1.33 bits per heavy atom. The third kappa shape index (κ3) is 2.55. The van der Waals surface area contributed by atoms with Crippen LogP contribution in [0.3, 0.4) is 0 Å². The van der Waals surface area contributed by atoms with E-state index in [1.165, 1.54) is 30.5 Å². The summed E-state index contributed by atoms with van der Waals surface area (Å²) in [6.45, 7) is 6.89. The van der Waals surface area contributed by atoms with Crippen molar-refractivity contribution >= 4 is 33.2 Å². The minimum atomic E-state index is 0.489. The Hall–Kier alpha value is -0.210. The fourth-order valence-corrected chi connectivity index (χ4v) is 3.74. The Morgan fingerprint density at radius 3 is 2.61 bits per heavy atom. The third-order valence-electron chi connectivity index (χ3n) is 4.47. The molecule has 100 valence electrons. The Labute approximate surface area is 124 Å². The SMILES string of the molecule is CCC1(CC)CCN(c2c(Cl)cccc2CBr)C1. The summed E-state index contributed by atoms with van der Waals surface area (Å²) in [5, 5.41) is 1.75. The molecule has 2 rings (SSSR count). The number of hydrogen-bond acceptors (Lipinski definition) is 1. The van der Waals surface area contributed by atoms with E-state index in [1.807, 2.05) is 12.1 Å². The molecule has 18 heavy (non-hydrogen) atoms. The predicted molar refractivity (Wildman–Crippen MR) is 83.9 cm³/mol. The molecule has 1 nitrogen and oxygen atoms in total. The Bertz CT molecular complexity index is 415. The highest BCUT2D eigenvalue weighted by Crippen LogP contribution is 2.42. The molecule has 0 saturated carbocycles. The van der Waals surface area contributed by atoms with Crippen molar-refractivity contribution in [2.45, 2.75) is 38.4 Å². The molecule has 0 aliphatic carbocycles. The number of para-hydroxylation sites is 1. The van der Waals surface area contributed by atoms with Crippen molar-refractivity contribution in [3.8, 4) is 0 Å². The largest absolute Gasteiger partial charge is 0.370 e. The summed E-state index contributed by atoms with van der Waals surface area (Å²) in [5.41, 5.74) is 3.02. The minimum Gasteiger partial charge on any atom is -0.370 e. The fraction of sp³-hybridized carbons (Fsp3) is 0.600. The first-order chi connectivity index (χ1) is 8.65. The van der Waals surface area contributed by atoms with Gasteiger partial charge >= 0.3 is 0 Å². The topological polar surface area (TPSA) is 3.24 Å². The van der Waals surface area contributed by atoms with Crippen LogP contribution in [0.15, 0.2) is 18.2 Å². The number of anilines is 1. The molecule has 0 bridgehead atoms. The summed E-state index contributed by atoms with van der Waals surface area (Å²) < 4.78 is 0. The molecule has 0 N–H and O–H groups in total. The molecule has 0 amide bonds. The van der Waals surface area contributed by atoms with Crippen LogP contribution in [0.4, 0.5) is 5.69 Å². The second-order valence-electron chi connectivity index (χ2n) is 5.26. The lowest BCUT2D eigenvalue weighted by Crippen LogP contribution is -2.27. The first kappa shape index (κ1) is 14.2. The second kappa shape index (κ2) is 5.83. The number of nitrogens with zero attached hydrogens (tertiary/aromatic N) is 1. The predicted octanol–water partition coefficient (Wildman–Crippen LogP) is 5.25. The molecule has 0 aromatic heterocycles. The highest BCUT2D eigenvalue weighted by atomic mass is 79.9.